The number of halogens is 2. The SMILES string of the molecule is Cc1cccc(N(CC(=O)Nc2c(Cl)cccc2Cl)S(C)(=O)=O)c1. The van der Waals surface area contributed by atoms with Crippen LogP contribution in [0.15, 0.2) is 42.5 Å². The number of sulfonamides is 1. The van der Waals surface area contributed by atoms with Gasteiger partial charge in [0, 0.05) is 0 Å². The van der Waals surface area contributed by atoms with Gasteiger partial charge in [0.25, 0.3) is 0 Å². The molecule has 0 aliphatic rings. The maximum atomic E-state index is 12.3. The van der Waals surface area contributed by atoms with Crippen LogP contribution in [-0.4, -0.2) is 27.1 Å². The van der Waals surface area contributed by atoms with Crippen molar-refractivity contribution < 1.29 is 13.2 Å². The highest BCUT2D eigenvalue weighted by Gasteiger charge is 2.21. The molecule has 2 rings (SSSR count). The van der Waals surface area contributed by atoms with Crippen molar-refractivity contribution in [2.45, 2.75) is 6.92 Å². The number of carbonyl (C=O) groups is 1. The van der Waals surface area contributed by atoms with Crippen LogP contribution in [0.2, 0.25) is 10.0 Å². The summed E-state index contributed by atoms with van der Waals surface area (Å²) in [5, 5.41) is 3.11. The molecule has 0 aliphatic heterocycles. The molecule has 0 bridgehead atoms. The van der Waals surface area contributed by atoms with E-state index >= 15 is 0 Å². The standard InChI is InChI=1S/C16H16Cl2N2O3S/c1-11-5-3-6-12(9-11)20(24(2,22)23)10-15(21)19-16-13(17)7-4-8-14(16)18/h3-9H,10H2,1-2H3,(H,19,21). The van der Waals surface area contributed by atoms with Crippen LogP contribution in [0.1, 0.15) is 5.56 Å². The van der Waals surface area contributed by atoms with Gasteiger partial charge in [0.2, 0.25) is 15.9 Å². The summed E-state index contributed by atoms with van der Waals surface area (Å²) in [6.07, 6.45) is 1.05. The van der Waals surface area contributed by atoms with E-state index < -0.39 is 15.9 Å². The van der Waals surface area contributed by atoms with Crippen molar-refractivity contribution in [3.8, 4) is 0 Å². The van der Waals surface area contributed by atoms with Crippen LogP contribution in [0.3, 0.4) is 0 Å². The van der Waals surface area contributed by atoms with Crippen molar-refractivity contribution in [1.29, 1.82) is 0 Å². The van der Waals surface area contributed by atoms with Gasteiger partial charge in [-0.2, -0.15) is 0 Å². The first-order valence-electron chi connectivity index (χ1n) is 6.97. The van der Waals surface area contributed by atoms with Crippen molar-refractivity contribution in [1.82, 2.24) is 0 Å². The number of hydrogen-bond donors (Lipinski definition) is 1. The lowest BCUT2D eigenvalue weighted by atomic mass is 10.2. The Labute approximate surface area is 151 Å². The predicted octanol–water partition coefficient (Wildman–Crippen LogP) is 3.71. The predicted molar refractivity (Wildman–Crippen MR) is 98.5 cm³/mol. The van der Waals surface area contributed by atoms with Crippen molar-refractivity contribution >= 4 is 50.5 Å². The van der Waals surface area contributed by atoms with Crippen LogP contribution < -0.4 is 9.62 Å². The van der Waals surface area contributed by atoms with E-state index in [1.165, 1.54) is 0 Å². The quantitative estimate of drug-likeness (QED) is 0.851. The van der Waals surface area contributed by atoms with E-state index in [2.05, 4.69) is 5.32 Å². The molecule has 0 aliphatic carbocycles. The summed E-state index contributed by atoms with van der Waals surface area (Å²) in [4.78, 5) is 12.3. The van der Waals surface area contributed by atoms with Crippen LogP contribution in [0.25, 0.3) is 0 Å². The first kappa shape index (κ1) is 18.6. The number of nitrogens with zero attached hydrogens (tertiary/aromatic N) is 1. The third kappa shape index (κ3) is 4.63. The topological polar surface area (TPSA) is 66.5 Å². The third-order valence-electron chi connectivity index (χ3n) is 3.20. The summed E-state index contributed by atoms with van der Waals surface area (Å²) >= 11 is 12.0. The highest BCUT2D eigenvalue weighted by atomic mass is 35.5. The van der Waals surface area contributed by atoms with E-state index in [1.54, 1.807) is 36.4 Å². The molecule has 0 aromatic heterocycles. The molecule has 0 saturated carbocycles. The van der Waals surface area contributed by atoms with E-state index in [4.69, 9.17) is 23.2 Å². The molecule has 128 valence electrons. The van der Waals surface area contributed by atoms with Crippen LogP contribution in [-0.2, 0) is 14.8 Å². The summed E-state index contributed by atoms with van der Waals surface area (Å²) in [6.45, 7) is 1.46. The fraction of sp³-hybridized carbons (Fsp3) is 0.188. The van der Waals surface area contributed by atoms with E-state index in [-0.39, 0.29) is 22.3 Å². The number of hydrogen-bond acceptors (Lipinski definition) is 3. The Morgan fingerprint density at radius 3 is 2.25 bits per heavy atom. The van der Waals surface area contributed by atoms with Gasteiger partial charge in [0.15, 0.2) is 0 Å². The number of para-hydroxylation sites is 1. The zero-order chi connectivity index (χ0) is 17.9. The minimum atomic E-state index is -3.64. The number of aryl methyl sites for hydroxylation is 1. The Morgan fingerprint density at radius 2 is 1.71 bits per heavy atom. The Hall–Kier alpha value is -1.76. The Kier molecular flexibility index (Phi) is 5.74. The molecule has 0 fully saturated rings. The zero-order valence-electron chi connectivity index (χ0n) is 13.1. The lowest BCUT2D eigenvalue weighted by Gasteiger charge is -2.22. The molecule has 1 N–H and O–H groups in total. The van der Waals surface area contributed by atoms with Crippen LogP contribution >= 0.6 is 23.2 Å². The third-order valence-corrected chi connectivity index (χ3v) is 4.97. The smallest absolute Gasteiger partial charge is 0.245 e. The normalized spacial score (nSPS) is 11.2. The molecule has 0 unspecified atom stereocenters. The second-order valence-corrected chi connectivity index (χ2v) is 7.97. The van der Waals surface area contributed by atoms with Crippen molar-refractivity contribution in [3.05, 3.63) is 58.1 Å². The highest BCUT2D eigenvalue weighted by Crippen LogP contribution is 2.30. The van der Waals surface area contributed by atoms with Gasteiger partial charge in [-0.3, -0.25) is 9.10 Å². The Morgan fingerprint density at radius 1 is 1.12 bits per heavy atom. The van der Waals surface area contributed by atoms with E-state index in [9.17, 15) is 13.2 Å². The molecule has 8 heteroatoms. The highest BCUT2D eigenvalue weighted by molar-refractivity contribution is 7.92. The molecular formula is C16H16Cl2N2O3S. The van der Waals surface area contributed by atoms with Crippen LogP contribution in [0, 0.1) is 6.92 Å². The van der Waals surface area contributed by atoms with Gasteiger partial charge in [0.05, 0.1) is 27.7 Å². The number of rotatable bonds is 5. The molecule has 0 spiro atoms. The monoisotopic (exact) mass is 386 g/mol. The van der Waals surface area contributed by atoms with Gasteiger partial charge in [-0.15, -0.1) is 0 Å². The number of nitrogens with one attached hydrogen (secondary N) is 1. The summed E-state index contributed by atoms with van der Waals surface area (Å²) in [5.74, 6) is -0.545. The molecule has 5 nitrogen and oxygen atoms in total. The lowest BCUT2D eigenvalue weighted by molar-refractivity contribution is -0.114. The lowest BCUT2D eigenvalue weighted by Crippen LogP contribution is -2.37. The van der Waals surface area contributed by atoms with Gasteiger partial charge in [-0.1, -0.05) is 41.4 Å². The molecule has 1 amide bonds. The molecular weight excluding hydrogens is 371 g/mol. The van der Waals surface area contributed by atoms with E-state index in [0.29, 0.717) is 5.69 Å². The molecule has 0 atom stereocenters. The zero-order valence-corrected chi connectivity index (χ0v) is 15.4. The molecule has 0 heterocycles. The first-order chi connectivity index (χ1) is 11.2. The average molecular weight is 387 g/mol. The molecule has 0 radical (unpaired) electrons. The average Bonchev–Trinajstić information content (AvgIpc) is 2.47. The summed E-state index contributed by atoms with van der Waals surface area (Å²) in [6, 6.07) is 11.7. The van der Waals surface area contributed by atoms with E-state index in [0.717, 1.165) is 16.1 Å². The summed E-state index contributed by atoms with van der Waals surface area (Å²) in [7, 11) is -3.64. The second-order valence-electron chi connectivity index (χ2n) is 5.25. The maximum Gasteiger partial charge on any atom is 0.245 e. The summed E-state index contributed by atoms with van der Waals surface area (Å²) in [5.41, 5.74) is 1.55. The number of benzene rings is 2. The second kappa shape index (κ2) is 7.42. The van der Waals surface area contributed by atoms with Gasteiger partial charge in [-0.05, 0) is 36.8 Å². The van der Waals surface area contributed by atoms with E-state index in [1.807, 2.05) is 13.0 Å². The first-order valence-corrected chi connectivity index (χ1v) is 9.57. The fourth-order valence-corrected chi connectivity index (χ4v) is 3.45. The minimum absolute atomic E-state index is 0.253. The van der Waals surface area contributed by atoms with Crippen molar-refractivity contribution in [3.63, 3.8) is 0 Å². The largest absolute Gasteiger partial charge is 0.322 e. The van der Waals surface area contributed by atoms with Crippen LogP contribution in [0.4, 0.5) is 11.4 Å². The van der Waals surface area contributed by atoms with Gasteiger partial charge in [-0.25, -0.2) is 8.42 Å². The summed E-state index contributed by atoms with van der Waals surface area (Å²) < 4.78 is 25.1. The number of carbonyl (C=O) groups excluding carboxylic acids is 1. The van der Waals surface area contributed by atoms with Gasteiger partial charge < -0.3 is 5.32 Å². The van der Waals surface area contributed by atoms with Crippen molar-refractivity contribution in [2.75, 3.05) is 22.4 Å². The fourth-order valence-electron chi connectivity index (χ4n) is 2.11. The molecule has 2 aromatic rings. The molecule has 2 aromatic carbocycles. The minimum Gasteiger partial charge on any atom is -0.322 e. The number of amides is 1. The Bertz CT molecular complexity index is 849. The molecule has 0 saturated heterocycles. The van der Waals surface area contributed by atoms with Gasteiger partial charge in [0.1, 0.15) is 6.54 Å². The Balaban J connectivity index is 2.26. The molecule has 24 heavy (non-hydrogen) atoms. The van der Waals surface area contributed by atoms with Crippen molar-refractivity contribution in [2.24, 2.45) is 0 Å². The van der Waals surface area contributed by atoms with Crippen LogP contribution in [0.5, 0.6) is 0 Å². The maximum absolute atomic E-state index is 12.3. The number of anilines is 2. The van der Waals surface area contributed by atoms with Gasteiger partial charge >= 0.3 is 0 Å².